The number of benzene rings is 3. The van der Waals surface area contributed by atoms with E-state index in [2.05, 4.69) is 22.9 Å². The molecule has 0 spiro atoms. The number of halogens is 3. The maximum Gasteiger partial charge on any atom is 0.573 e. The van der Waals surface area contributed by atoms with Gasteiger partial charge in [0.05, 0.1) is 16.3 Å². The molecule has 5 rings (SSSR count). The first-order valence-electron chi connectivity index (χ1n) is 10.1. The number of aryl methyl sites for hydroxylation is 1. The van der Waals surface area contributed by atoms with Crippen molar-refractivity contribution < 1.29 is 17.9 Å². The van der Waals surface area contributed by atoms with Crippen molar-refractivity contribution in [3.8, 4) is 11.4 Å². The van der Waals surface area contributed by atoms with E-state index in [0.29, 0.717) is 21.5 Å². The number of thioether (sulfide) groups is 2. The van der Waals surface area contributed by atoms with Crippen molar-refractivity contribution in [3.63, 3.8) is 0 Å². The number of fused-ring (bicyclic) bond motifs is 2. The first-order chi connectivity index (χ1) is 15.9. The van der Waals surface area contributed by atoms with Crippen LogP contribution in [0.5, 0.6) is 5.75 Å². The molecule has 0 saturated carbocycles. The second kappa shape index (κ2) is 8.79. The number of hydrogen-bond acceptors (Lipinski definition) is 5. The Kier molecular flexibility index (Phi) is 5.84. The van der Waals surface area contributed by atoms with Crippen LogP contribution in [0, 0.1) is 0 Å². The smallest absolute Gasteiger partial charge is 0.406 e. The molecule has 0 radical (unpaired) electrons. The molecular formula is C24H17F3N2O2S2. The Morgan fingerprint density at radius 2 is 1.79 bits per heavy atom. The van der Waals surface area contributed by atoms with Gasteiger partial charge in [0.25, 0.3) is 5.56 Å². The molecule has 0 fully saturated rings. The van der Waals surface area contributed by atoms with Crippen LogP contribution in [-0.4, -0.2) is 21.7 Å². The average molecular weight is 487 g/mol. The third-order valence-electron chi connectivity index (χ3n) is 5.23. The Morgan fingerprint density at radius 3 is 2.58 bits per heavy atom. The highest BCUT2D eigenvalue weighted by molar-refractivity contribution is 7.99. The Hall–Kier alpha value is -2.91. The van der Waals surface area contributed by atoms with Crippen molar-refractivity contribution in [1.82, 2.24) is 9.55 Å². The predicted molar refractivity (Wildman–Crippen MR) is 124 cm³/mol. The second-order valence-corrected chi connectivity index (χ2v) is 9.43. The number of hydrogen-bond donors (Lipinski definition) is 0. The highest BCUT2D eigenvalue weighted by Crippen LogP contribution is 2.33. The molecule has 0 bridgehead atoms. The van der Waals surface area contributed by atoms with Gasteiger partial charge in [-0.1, -0.05) is 54.2 Å². The minimum atomic E-state index is -4.77. The van der Waals surface area contributed by atoms with Gasteiger partial charge in [0, 0.05) is 17.9 Å². The molecule has 1 aliphatic heterocycles. The van der Waals surface area contributed by atoms with Gasteiger partial charge in [-0.15, -0.1) is 24.9 Å². The van der Waals surface area contributed by atoms with Crippen molar-refractivity contribution in [3.05, 3.63) is 88.3 Å². The molecule has 0 aliphatic carbocycles. The Bertz CT molecular complexity index is 1380. The molecule has 0 atom stereocenters. The summed E-state index contributed by atoms with van der Waals surface area (Å²) in [5.41, 5.74) is 2.13. The van der Waals surface area contributed by atoms with Crippen molar-refractivity contribution in [2.24, 2.45) is 0 Å². The van der Waals surface area contributed by atoms with Gasteiger partial charge in [-0.05, 0) is 40.6 Å². The summed E-state index contributed by atoms with van der Waals surface area (Å²) >= 11 is 2.90. The minimum Gasteiger partial charge on any atom is -0.406 e. The topological polar surface area (TPSA) is 44.1 Å². The summed E-state index contributed by atoms with van der Waals surface area (Å²) in [5, 5.41) is 2.77. The summed E-state index contributed by atoms with van der Waals surface area (Å²) in [6, 6.07) is 19.5. The van der Waals surface area contributed by atoms with E-state index >= 15 is 0 Å². The molecule has 4 aromatic rings. The third kappa shape index (κ3) is 4.60. The summed E-state index contributed by atoms with van der Waals surface area (Å²) in [7, 11) is 0. The molecule has 4 nitrogen and oxygen atoms in total. The van der Waals surface area contributed by atoms with Gasteiger partial charge < -0.3 is 4.74 Å². The lowest BCUT2D eigenvalue weighted by atomic mass is 10.1. The van der Waals surface area contributed by atoms with Gasteiger partial charge in [-0.25, -0.2) is 4.98 Å². The molecule has 0 N–H and O–H groups in total. The van der Waals surface area contributed by atoms with Crippen LogP contribution in [0.15, 0.2) is 81.6 Å². The predicted octanol–water partition coefficient (Wildman–Crippen LogP) is 6.22. The highest BCUT2D eigenvalue weighted by atomic mass is 32.2. The lowest BCUT2D eigenvalue weighted by Gasteiger charge is -2.15. The molecule has 1 aromatic heterocycles. The Balaban J connectivity index is 1.52. The van der Waals surface area contributed by atoms with Gasteiger partial charge in [-0.3, -0.25) is 9.36 Å². The molecule has 33 heavy (non-hydrogen) atoms. The number of nitrogens with zero attached hydrogens (tertiary/aromatic N) is 2. The lowest BCUT2D eigenvalue weighted by Crippen LogP contribution is -2.24. The fourth-order valence-corrected chi connectivity index (χ4v) is 5.83. The van der Waals surface area contributed by atoms with E-state index in [0.717, 1.165) is 34.2 Å². The Morgan fingerprint density at radius 1 is 1.03 bits per heavy atom. The molecule has 168 valence electrons. The van der Waals surface area contributed by atoms with Crippen LogP contribution in [0.4, 0.5) is 13.2 Å². The van der Waals surface area contributed by atoms with Crippen LogP contribution in [0.3, 0.4) is 0 Å². The van der Waals surface area contributed by atoms with Gasteiger partial charge in [-0.2, -0.15) is 0 Å². The summed E-state index contributed by atoms with van der Waals surface area (Å²) in [5.74, 6) is 1.04. The molecule has 0 saturated heterocycles. The van der Waals surface area contributed by atoms with Crippen LogP contribution in [0.25, 0.3) is 16.5 Å². The first kappa shape index (κ1) is 21.9. The zero-order valence-corrected chi connectivity index (χ0v) is 18.8. The fourth-order valence-electron chi connectivity index (χ4n) is 3.77. The van der Waals surface area contributed by atoms with Crippen molar-refractivity contribution in [2.75, 3.05) is 5.75 Å². The van der Waals surface area contributed by atoms with Gasteiger partial charge >= 0.3 is 6.36 Å². The van der Waals surface area contributed by atoms with E-state index in [1.54, 1.807) is 0 Å². The normalized spacial score (nSPS) is 13.3. The van der Waals surface area contributed by atoms with Crippen LogP contribution in [-0.2, 0) is 12.2 Å². The molecule has 9 heteroatoms. The number of aromatic nitrogens is 2. The third-order valence-corrected chi connectivity index (χ3v) is 7.33. The van der Waals surface area contributed by atoms with E-state index in [1.807, 2.05) is 24.3 Å². The summed E-state index contributed by atoms with van der Waals surface area (Å²) in [6.07, 6.45) is -4.06. The lowest BCUT2D eigenvalue weighted by molar-refractivity contribution is -0.274. The molecule has 0 unspecified atom stereocenters. The van der Waals surface area contributed by atoms with Crippen LogP contribution in [0.2, 0.25) is 0 Å². The van der Waals surface area contributed by atoms with E-state index in [1.165, 1.54) is 52.4 Å². The van der Waals surface area contributed by atoms with Crippen molar-refractivity contribution >= 4 is 34.3 Å². The summed E-state index contributed by atoms with van der Waals surface area (Å²) in [4.78, 5) is 18.7. The average Bonchev–Trinajstić information content (AvgIpc) is 3.26. The summed E-state index contributed by atoms with van der Waals surface area (Å²) in [6.45, 7) is 0. The van der Waals surface area contributed by atoms with Gasteiger partial charge in [0.1, 0.15) is 5.75 Å². The largest absolute Gasteiger partial charge is 0.573 e. The molecule has 3 aromatic carbocycles. The number of rotatable bonds is 5. The fraction of sp³-hybridized carbons (Fsp3) is 0.167. The number of ether oxygens (including phenoxy) is 1. The standard InChI is InChI=1S/C24H17F3N2O2S2/c25-24(26,27)31-18-10-8-17(9-11-18)29-22(30)21-20(12-13-32-21)28-23(29)33-14-16-6-3-5-15-4-1-2-7-19(15)16/h1-11H,12-14H2. The Labute approximate surface area is 195 Å². The zero-order valence-electron chi connectivity index (χ0n) is 17.1. The SMILES string of the molecule is O=c1c2c(nc(SCc3cccc4ccccc34)n1-c1ccc(OC(F)(F)F)cc1)CCS2. The quantitative estimate of drug-likeness (QED) is 0.247. The number of alkyl halides is 3. The maximum atomic E-state index is 13.3. The maximum absolute atomic E-state index is 13.3. The van der Waals surface area contributed by atoms with E-state index in [9.17, 15) is 18.0 Å². The highest BCUT2D eigenvalue weighted by Gasteiger charge is 2.31. The van der Waals surface area contributed by atoms with Crippen LogP contribution >= 0.6 is 23.5 Å². The van der Waals surface area contributed by atoms with Crippen molar-refractivity contribution in [1.29, 1.82) is 0 Å². The van der Waals surface area contributed by atoms with Crippen molar-refractivity contribution in [2.45, 2.75) is 28.6 Å². The van der Waals surface area contributed by atoms with Crippen LogP contribution in [0.1, 0.15) is 11.3 Å². The zero-order chi connectivity index (χ0) is 23.0. The van der Waals surface area contributed by atoms with E-state index in [4.69, 9.17) is 4.98 Å². The molecule has 2 heterocycles. The molecule has 1 aliphatic rings. The summed E-state index contributed by atoms with van der Waals surface area (Å²) < 4.78 is 43.0. The second-order valence-electron chi connectivity index (χ2n) is 7.38. The molecule has 0 amide bonds. The van der Waals surface area contributed by atoms with E-state index in [-0.39, 0.29) is 11.3 Å². The minimum absolute atomic E-state index is 0.201. The first-order valence-corrected chi connectivity index (χ1v) is 12.1. The van der Waals surface area contributed by atoms with Gasteiger partial charge in [0.15, 0.2) is 5.16 Å². The van der Waals surface area contributed by atoms with Crippen LogP contribution < -0.4 is 10.3 Å². The molecular weight excluding hydrogens is 469 g/mol. The van der Waals surface area contributed by atoms with Gasteiger partial charge in [0.2, 0.25) is 0 Å². The van der Waals surface area contributed by atoms with E-state index < -0.39 is 6.36 Å². The monoisotopic (exact) mass is 486 g/mol.